The molecule has 0 bridgehead atoms. The maximum absolute atomic E-state index is 11.2. The number of thiol groups is 1. The molecule has 0 aliphatic heterocycles. The van der Waals surface area contributed by atoms with Gasteiger partial charge in [0.15, 0.2) is 0 Å². The molecule has 1 unspecified atom stereocenters. The van der Waals surface area contributed by atoms with E-state index in [2.05, 4.69) is 23.3 Å². The molecule has 14 heavy (non-hydrogen) atoms. The van der Waals surface area contributed by atoms with Crippen LogP contribution in [0.3, 0.4) is 0 Å². The largest absolute Gasteiger partial charge is 0.447 e. The van der Waals surface area contributed by atoms with Gasteiger partial charge in [0.25, 0.3) is 0 Å². The van der Waals surface area contributed by atoms with Crippen molar-refractivity contribution in [2.75, 3.05) is 12.8 Å². The number of hydrogen-bond donors (Lipinski definition) is 3. The fraction of sp³-hybridized carbons (Fsp3) is 0.889. The van der Waals surface area contributed by atoms with E-state index in [9.17, 15) is 4.79 Å². The van der Waals surface area contributed by atoms with E-state index in [1.807, 2.05) is 27.8 Å². The summed E-state index contributed by atoms with van der Waals surface area (Å²) < 4.78 is 4.96. The average molecular weight is 220 g/mol. The zero-order chi connectivity index (χ0) is 11.1. The van der Waals surface area contributed by atoms with Crippen molar-refractivity contribution in [3.8, 4) is 0 Å². The Morgan fingerprint density at radius 2 is 2.00 bits per heavy atom. The molecule has 0 rings (SSSR count). The number of amides is 1. The highest BCUT2D eigenvalue weighted by Crippen LogP contribution is 1.97. The Labute approximate surface area is 91.2 Å². The predicted molar refractivity (Wildman–Crippen MR) is 60.9 cm³/mol. The summed E-state index contributed by atoms with van der Waals surface area (Å²) in [7, 11) is 1.84. The fourth-order valence-corrected chi connectivity index (χ4v) is 1.53. The zero-order valence-electron chi connectivity index (χ0n) is 9.20. The van der Waals surface area contributed by atoms with Gasteiger partial charge in [0, 0.05) is 17.8 Å². The number of ether oxygens (including phenoxy) is 1. The lowest BCUT2D eigenvalue weighted by atomic mass is 10.2. The lowest BCUT2D eigenvalue weighted by molar-refractivity contribution is 0.111. The molecule has 0 aromatic rings. The van der Waals surface area contributed by atoms with Crippen LogP contribution < -0.4 is 10.6 Å². The van der Waals surface area contributed by atoms with Crippen LogP contribution in [0.25, 0.3) is 0 Å². The standard InChI is InChI=1S/C9H20N2O2S/c1-6(2)13-9(12)11-7(3)8(5-14)10-4/h6-8,10,14H,5H2,1-4H3,(H,11,12)/t7?,8-/m1/s1. The average Bonchev–Trinajstić information content (AvgIpc) is 2.04. The number of rotatable bonds is 5. The van der Waals surface area contributed by atoms with Crippen LogP contribution in [0.15, 0.2) is 0 Å². The van der Waals surface area contributed by atoms with Gasteiger partial charge in [0.1, 0.15) is 0 Å². The third-order valence-corrected chi connectivity index (χ3v) is 2.25. The minimum atomic E-state index is -0.380. The summed E-state index contributed by atoms with van der Waals surface area (Å²) in [6, 6.07) is 0.154. The highest BCUT2D eigenvalue weighted by molar-refractivity contribution is 7.80. The summed E-state index contributed by atoms with van der Waals surface area (Å²) in [5.74, 6) is 0.666. The SMILES string of the molecule is CN[C@H](CS)C(C)NC(=O)OC(C)C. The van der Waals surface area contributed by atoms with Gasteiger partial charge in [-0.3, -0.25) is 0 Å². The summed E-state index contributed by atoms with van der Waals surface area (Å²) >= 11 is 4.17. The lowest BCUT2D eigenvalue weighted by Gasteiger charge is -2.23. The molecule has 0 radical (unpaired) electrons. The molecule has 0 aromatic carbocycles. The predicted octanol–water partition coefficient (Wildman–Crippen LogP) is 1.03. The Kier molecular flexibility index (Phi) is 6.74. The minimum absolute atomic E-state index is 0.00347. The van der Waals surface area contributed by atoms with E-state index in [-0.39, 0.29) is 24.3 Å². The van der Waals surface area contributed by atoms with E-state index in [1.165, 1.54) is 0 Å². The van der Waals surface area contributed by atoms with Gasteiger partial charge in [-0.25, -0.2) is 4.79 Å². The topological polar surface area (TPSA) is 50.4 Å². The number of carbonyl (C=O) groups excluding carboxylic acids is 1. The Balaban J connectivity index is 3.91. The van der Waals surface area contributed by atoms with Crippen molar-refractivity contribution in [2.24, 2.45) is 0 Å². The number of hydrogen-bond acceptors (Lipinski definition) is 4. The maximum atomic E-state index is 11.2. The van der Waals surface area contributed by atoms with E-state index >= 15 is 0 Å². The van der Waals surface area contributed by atoms with E-state index in [1.54, 1.807) is 0 Å². The molecular weight excluding hydrogens is 200 g/mol. The van der Waals surface area contributed by atoms with Crippen molar-refractivity contribution in [1.29, 1.82) is 0 Å². The maximum Gasteiger partial charge on any atom is 0.407 e. The Bertz CT molecular complexity index is 172. The van der Waals surface area contributed by atoms with Gasteiger partial charge >= 0.3 is 6.09 Å². The van der Waals surface area contributed by atoms with Crippen molar-refractivity contribution < 1.29 is 9.53 Å². The highest BCUT2D eigenvalue weighted by atomic mass is 32.1. The van der Waals surface area contributed by atoms with E-state index in [0.29, 0.717) is 5.75 Å². The zero-order valence-corrected chi connectivity index (χ0v) is 10.1. The molecular formula is C9H20N2O2S. The van der Waals surface area contributed by atoms with Crippen LogP contribution in [0.2, 0.25) is 0 Å². The Morgan fingerprint density at radius 1 is 1.43 bits per heavy atom. The molecule has 0 aromatic heterocycles. The summed E-state index contributed by atoms with van der Waals surface area (Å²) in [6.07, 6.45) is -0.472. The van der Waals surface area contributed by atoms with Crippen LogP contribution >= 0.6 is 12.6 Å². The summed E-state index contributed by atoms with van der Waals surface area (Å²) in [5.41, 5.74) is 0. The molecule has 1 amide bonds. The van der Waals surface area contributed by atoms with Gasteiger partial charge in [-0.1, -0.05) is 0 Å². The van der Waals surface area contributed by atoms with Crippen LogP contribution in [0, 0.1) is 0 Å². The van der Waals surface area contributed by atoms with Crippen molar-refractivity contribution in [1.82, 2.24) is 10.6 Å². The normalized spacial score (nSPS) is 15.0. The van der Waals surface area contributed by atoms with Gasteiger partial charge in [-0.15, -0.1) is 0 Å². The molecule has 2 N–H and O–H groups in total. The minimum Gasteiger partial charge on any atom is -0.447 e. The van der Waals surface area contributed by atoms with Gasteiger partial charge in [-0.2, -0.15) is 12.6 Å². The molecule has 0 saturated heterocycles. The van der Waals surface area contributed by atoms with Crippen LogP contribution in [-0.4, -0.2) is 37.1 Å². The number of likely N-dealkylation sites (N-methyl/N-ethyl adjacent to an activating group) is 1. The van der Waals surface area contributed by atoms with Gasteiger partial charge in [0.05, 0.1) is 6.10 Å². The molecule has 4 nitrogen and oxygen atoms in total. The lowest BCUT2D eigenvalue weighted by Crippen LogP contribution is -2.48. The molecule has 0 spiro atoms. The van der Waals surface area contributed by atoms with E-state index < -0.39 is 0 Å². The molecule has 2 atom stereocenters. The summed E-state index contributed by atoms with van der Waals surface area (Å²) in [4.78, 5) is 11.2. The number of alkyl carbamates (subject to hydrolysis) is 1. The molecule has 5 heteroatoms. The molecule has 0 aliphatic rings. The first-order chi connectivity index (χ1) is 6.51. The molecule has 0 fully saturated rings. The van der Waals surface area contributed by atoms with Crippen molar-refractivity contribution in [2.45, 2.75) is 39.0 Å². The van der Waals surface area contributed by atoms with E-state index in [4.69, 9.17) is 4.74 Å². The van der Waals surface area contributed by atoms with Crippen LogP contribution in [0.1, 0.15) is 20.8 Å². The van der Waals surface area contributed by atoms with Crippen LogP contribution in [0.5, 0.6) is 0 Å². The Hall–Kier alpha value is -0.420. The summed E-state index contributed by atoms with van der Waals surface area (Å²) in [6.45, 7) is 5.55. The van der Waals surface area contributed by atoms with Gasteiger partial charge in [-0.05, 0) is 27.8 Å². The molecule has 0 aliphatic carbocycles. The van der Waals surface area contributed by atoms with E-state index in [0.717, 1.165) is 0 Å². The third kappa shape index (κ3) is 5.34. The smallest absolute Gasteiger partial charge is 0.407 e. The fourth-order valence-electron chi connectivity index (χ4n) is 1.03. The number of carbonyl (C=O) groups is 1. The summed E-state index contributed by atoms with van der Waals surface area (Å²) in [5, 5.41) is 5.80. The second-order valence-electron chi connectivity index (χ2n) is 3.46. The highest BCUT2D eigenvalue weighted by Gasteiger charge is 2.16. The molecule has 84 valence electrons. The Morgan fingerprint density at radius 3 is 2.36 bits per heavy atom. The van der Waals surface area contributed by atoms with Crippen LogP contribution in [0.4, 0.5) is 4.79 Å². The van der Waals surface area contributed by atoms with Crippen molar-refractivity contribution >= 4 is 18.7 Å². The van der Waals surface area contributed by atoms with Gasteiger partial charge < -0.3 is 15.4 Å². The van der Waals surface area contributed by atoms with Crippen molar-refractivity contribution in [3.63, 3.8) is 0 Å². The second-order valence-corrected chi connectivity index (χ2v) is 3.83. The first kappa shape index (κ1) is 13.6. The first-order valence-corrected chi connectivity index (χ1v) is 5.39. The third-order valence-electron chi connectivity index (χ3n) is 1.86. The second kappa shape index (κ2) is 6.95. The monoisotopic (exact) mass is 220 g/mol. The van der Waals surface area contributed by atoms with Crippen LogP contribution in [-0.2, 0) is 4.74 Å². The molecule has 0 saturated carbocycles. The number of nitrogens with one attached hydrogen (secondary N) is 2. The van der Waals surface area contributed by atoms with Crippen molar-refractivity contribution in [3.05, 3.63) is 0 Å². The first-order valence-electron chi connectivity index (χ1n) is 4.76. The quantitative estimate of drug-likeness (QED) is 0.607. The van der Waals surface area contributed by atoms with Gasteiger partial charge in [0.2, 0.25) is 0 Å². The molecule has 0 heterocycles.